The van der Waals surface area contributed by atoms with Crippen molar-refractivity contribution in [1.29, 1.82) is 0 Å². The second-order valence-electron chi connectivity index (χ2n) is 11.6. The lowest BCUT2D eigenvalue weighted by molar-refractivity contribution is -0.209. The van der Waals surface area contributed by atoms with Crippen LogP contribution in [-0.4, -0.2) is 47.5 Å². The maximum Gasteiger partial charge on any atom is 0.205 e. The van der Waals surface area contributed by atoms with E-state index in [0.29, 0.717) is 29.1 Å². The molecule has 0 bridgehead atoms. The van der Waals surface area contributed by atoms with E-state index >= 15 is 0 Å². The minimum Gasteiger partial charge on any atom is -0.393 e. The minimum absolute atomic E-state index is 0.0119. The molecule has 5 N–H and O–H groups in total. The number of nitrogens with one attached hydrogen (secondary N) is 3. The van der Waals surface area contributed by atoms with E-state index in [9.17, 15) is 10.2 Å². The quantitative estimate of drug-likeness (QED) is 0.455. The normalized spacial score (nSPS) is 50.5. The zero-order chi connectivity index (χ0) is 21.0. The van der Waals surface area contributed by atoms with Gasteiger partial charge in [-0.25, -0.2) is 5.43 Å². The van der Waals surface area contributed by atoms with E-state index in [0.717, 1.165) is 77.0 Å². The summed E-state index contributed by atoms with van der Waals surface area (Å²) in [4.78, 5) is 4.48. The maximum atomic E-state index is 12.2. The molecule has 0 aromatic carbocycles. The molecule has 0 aromatic rings. The summed E-state index contributed by atoms with van der Waals surface area (Å²) in [7, 11) is 0. The van der Waals surface area contributed by atoms with Crippen LogP contribution >= 0.6 is 0 Å². The first-order valence-corrected chi connectivity index (χ1v) is 12.5. The molecule has 0 spiro atoms. The Hall–Kier alpha value is -0.850. The van der Waals surface area contributed by atoms with Crippen LogP contribution in [0.25, 0.3) is 0 Å². The molecule has 6 nitrogen and oxygen atoms in total. The highest BCUT2D eigenvalue weighted by Gasteiger charge is 2.66. The number of aliphatic hydroxyl groups is 2. The van der Waals surface area contributed by atoms with Crippen molar-refractivity contribution in [3.63, 3.8) is 0 Å². The number of hydrogen-bond acceptors (Lipinski definition) is 6. The molecule has 0 unspecified atom stereocenters. The fourth-order valence-corrected chi connectivity index (χ4v) is 8.52. The number of aliphatic imine (C=N–C) groups is 1. The smallest absolute Gasteiger partial charge is 0.205 e. The zero-order valence-corrected chi connectivity index (χ0v) is 18.9. The number of hydrogen-bond donors (Lipinski definition) is 5. The number of aliphatic hydroxyl groups excluding tert-OH is 1. The monoisotopic (exact) mass is 418 g/mol. The molecule has 0 radical (unpaired) electrons. The standard InChI is InChI=1S/C24H42N4O2/c1-22-9-7-18(29)14-16(22)4-5-20-19(22)8-10-23(2)17(6-11-24(20,23)30)15-27-28-21-25-12-3-13-26-21/h16-20,27,29-30H,3-15H2,1-2H3,(H2,25,26,28)/t16-,17-,18+,19+,20-,22+,23-,24+/m1/s1. The van der Waals surface area contributed by atoms with Crippen molar-refractivity contribution in [1.82, 2.24) is 16.2 Å². The molecule has 30 heavy (non-hydrogen) atoms. The van der Waals surface area contributed by atoms with Crippen molar-refractivity contribution in [2.45, 2.75) is 89.8 Å². The van der Waals surface area contributed by atoms with Gasteiger partial charge in [0.1, 0.15) is 0 Å². The Labute approximate surface area is 181 Å². The molecule has 0 aromatic heterocycles. The van der Waals surface area contributed by atoms with E-state index in [1.165, 1.54) is 12.8 Å². The predicted molar refractivity (Wildman–Crippen MR) is 119 cm³/mol. The average Bonchev–Trinajstić information content (AvgIpc) is 3.01. The first-order chi connectivity index (χ1) is 14.4. The molecule has 6 heteroatoms. The lowest BCUT2D eigenvalue weighted by Crippen LogP contribution is -2.63. The highest BCUT2D eigenvalue weighted by atomic mass is 16.3. The van der Waals surface area contributed by atoms with Crippen LogP contribution in [0.1, 0.15) is 78.1 Å². The van der Waals surface area contributed by atoms with Crippen molar-refractivity contribution in [2.75, 3.05) is 19.6 Å². The first kappa shape index (κ1) is 21.0. The highest BCUT2D eigenvalue weighted by Crippen LogP contribution is 2.68. The molecule has 1 aliphatic heterocycles. The largest absolute Gasteiger partial charge is 0.393 e. The summed E-state index contributed by atoms with van der Waals surface area (Å²) in [6.45, 7) is 7.61. The highest BCUT2D eigenvalue weighted by molar-refractivity contribution is 5.79. The Kier molecular flexibility index (Phi) is 5.35. The van der Waals surface area contributed by atoms with Gasteiger partial charge in [0.15, 0.2) is 0 Å². The molecule has 170 valence electrons. The Morgan fingerprint density at radius 3 is 2.73 bits per heavy atom. The number of nitrogens with zero attached hydrogens (tertiary/aromatic N) is 1. The van der Waals surface area contributed by atoms with Gasteiger partial charge in [0, 0.05) is 25.0 Å². The molecule has 1 heterocycles. The Bertz CT molecular complexity index is 686. The molecule has 4 fully saturated rings. The molecule has 0 saturated heterocycles. The Morgan fingerprint density at radius 1 is 1.07 bits per heavy atom. The van der Waals surface area contributed by atoms with Gasteiger partial charge in [-0.1, -0.05) is 13.8 Å². The van der Waals surface area contributed by atoms with Gasteiger partial charge in [0.05, 0.1) is 11.7 Å². The second-order valence-corrected chi connectivity index (χ2v) is 11.6. The second kappa shape index (κ2) is 7.63. The summed E-state index contributed by atoms with van der Waals surface area (Å²) in [6.07, 6.45) is 10.8. The van der Waals surface area contributed by atoms with Crippen LogP contribution in [0.2, 0.25) is 0 Å². The molecule has 0 amide bonds. The summed E-state index contributed by atoms with van der Waals surface area (Å²) in [6, 6.07) is 0. The first-order valence-electron chi connectivity index (χ1n) is 12.5. The number of fused-ring (bicyclic) bond motifs is 5. The van der Waals surface area contributed by atoms with Gasteiger partial charge in [-0.15, -0.1) is 0 Å². The summed E-state index contributed by atoms with van der Waals surface area (Å²) in [5.41, 5.74) is 6.44. The molecular weight excluding hydrogens is 376 g/mol. The Balaban J connectivity index is 1.29. The van der Waals surface area contributed by atoms with E-state index in [1.807, 2.05) is 0 Å². The van der Waals surface area contributed by atoms with Crippen LogP contribution in [0.4, 0.5) is 0 Å². The summed E-state index contributed by atoms with van der Waals surface area (Å²) < 4.78 is 0. The molecular formula is C24H42N4O2. The third-order valence-electron chi connectivity index (χ3n) is 10.5. The van der Waals surface area contributed by atoms with Crippen LogP contribution in [0.3, 0.4) is 0 Å². The van der Waals surface area contributed by atoms with E-state index in [2.05, 4.69) is 35.0 Å². The summed E-state index contributed by atoms with van der Waals surface area (Å²) in [5.74, 6) is 3.03. The zero-order valence-electron chi connectivity index (χ0n) is 18.9. The van der Waals surface area contributed by atoms with Gasteiger partial charge in [-0.2, -0.15) is 0 Å². The van der Waals surface area contributed by atoms with Crippen molar-refractivity contribution >= 4 is 5.96 Å². The summed E-state index contributed by atoms with van der Waals surface area (Å²) in [5, 5.41) is 25.7. The maximum absolute atomic E-state index is 12.2. The Morgan fingerprint density at radius 2 is 1.93 bits per heavy atom. The van der Waals surface area contributed by atoms with Gasteiger partial charge in [0.25, 0.3) is 0 Å². The molecule has 5 aliphatic rings. The third-order valence-corrected chi connectivity index (χ3v) is 10.5. The average molecular weight is 419 g/mol. The van der Waals surface area contributed by atoms with Crippen molar-refractivity contribution in [3.8, 4) is 0 Å². The molecule has 4 saturated carbocycles. The van der Waals surface area contributed by atoms with Crippen LogP contribution in [0.15, 0.2) is 4.99 Å². The van der Waals surface area contributed by atoms with Gasteiger partial charge in [0.2, 0.25) is 5.96 Å². The fourth-order valence-electron chi connectivity index (χ4n) is 8.52. The van der Waals surface area contributed by atoms with Crippen LogP contribution in [-0.2, 0) is 0 Å². The van der Waals surface area contributed by atoms with E-state index in [4.69, 9.17) is 0 Å². The molecule has 4 aliphatic carbocycles. The van der Waals surface area contributed by atoms with Crippen molar-refractivity contribution < 1.29 is 10.2 Å². The lowest BCUT2D eigenvalue weighted by Gasteiger charge is -2.63. The molecule has 8 atom stereocenters. The van der Waals surface area contributed by atoms with Crippen LogP contribution in [0.5, 0.6) is 0 Å². The third kappa shape index (κ3) is 3.12. The van der Waals surface area contributed by atoms with E-state index in [1.54, 1.807) is 0 Å². The van der Waals surface area contributed by atoms with Crippen molar-refractivity contribution in [3.05, 3.63) is 0 Å². The van der Waals surface area contributed by atoms with Gasteiger partial charge in [-0.3, -0.25) is 10.4 Å². The van der Waals surface area contributed by atoms with Crippen LogP contribution < -0.4 is 16.2 Å². The summed E-state index contributed by atoms with van der Waals surface area (Å²) >= 11 is 0. The SMILES string of the molecule is C[C@]12CC[C@H](O)C[C@H]1CC[C@@H]1[C@@H]2CC[C@]2(C)[C@@H](CNNC3=NCCCN3)CC[C@]12O. The van der Waals surface area contributed by atoms with Crippen molar-refractivity contribution in [2.24, 2.45) is 39.5 Å². The lowest BCUT2D eigenvalue weighted by atomic mass is 9.43. The van der Waals surface area contributed by atoms with E-state index in [-0.39, 0.29) is 11.5 Å². The van der Waals surface area contributed by atoms with Crippen LogP contribution in [0, 0.1) is 34.5 Å². The molecule has 5 rings (SSSR count). The minimum atomic E-state index is -0.535. The van der Waals surface area contributed by atoms with Gasteiger partial charge in [-0.05, 0) is 93.3 Å². The van der Waals surface area contributed by atoms with Gasteiger partial charge < -0.3 is 15.5 Å². The number of rotatable bonds is 3. The number of hydrazine groups is 1. The van der Waals surface area contributed by atoms with Gasteiger partial charge >= 0.3 is 0 Å². The fraction of sp³-hybridized carbons (Fsp3) is 0.958. The van der Waals surface area contributed by atoms with E-state index < -0.39 is 5.60 Å². The topological polar surface area (TPSA) is 88.9 Å². The number of guanidine groups is 1. The predicted octanol–water partition coefficient (Wildman–Crippen LogP) is 2.56.